The Balaban J connectivity index is 1.80. The van der Waals surface area contributed by atoms with Crippen LogP contribution >= 0.6 is 0 Å². The van der Waals surface area contributed by atoms with Gasteiger partial charge in [0.2, 0.25) is 5.91 Å². The second-order valence-electron chi connectivity index (χ2n) is 7.76. The van der Waals surface area contributed by atoms with Crippen molar-refractivity contribution in [3.05, 3.63) is 75.7 Å². The first-order valence-corrected chi connectivity index (χ1v) is 10.2. The summed E-state index contributed by atoms with van der Waals surface area (Å²) in [6, 6.07) is 14.8. The fourth-order valence-electron chi connectivity index (χ4n) is 3.21. The summed E-state index contributed by atoms with van der Waals surface area (Å²) in [5.74, 6) is 0.172. The molecule has 3 aromatic rings. The molecule has 0 unspecified atom stereocenters. The number of hydrogen-bond acceptors (Lipinski definition) is 4. The summed E-state index contributed by atoms with van der Waals surface area (Å²) in [5, 5.41) is 7.20. The van der Waals surface area contributed by atoms with Crippen LogP contribution in [0.2, 0.25) is 0 Å². The number of alkyl halides is 1. The number of halogens is 1. The lowest BCUT2D eigenvalue weighted by molar-refractivity contribution is -0.122. The number of rotatable bonds is 9. The highest BCUT2D eigenvalue weighted by Gasteiger charge is 2.17. The van der Waals surface area contributed by atoms with E-state index in [1.54, 1.807) is 28.8 Å². The maximum atomic E-state index is 13.1. The van der Waals surface area contributed by atoms with Crippen LogP contribution in [0, 0.1) is 6.92 Å². The fourth-order valence-corrected chi connectivity index (χ4v) is 3.21. The van der Waals surface area contributed by atoms with Crippen LogP contribution in [0.25, 0.3) is 11.4 Å². The third kappa shape index (κ3) is 5.67. The zero-order valence-corrected chi connectivity index (χ0v) is 18.1. The average Bonchev–Trinajstić information content (AvgIpc) is 3.06. The highest BCUT2D eigenvalue weighted by atomic mass is 19.1. The van der Waals surface area contributed by atoms with E-state index in [0.717, 1.165) is 11.1 Å². The van der Waals surface area contributed by atoms with Crippen molar-refractivity contribution < 1.29 is 9.18 Å². The topological polar surface area (TPSA) is 72.2 Å². The van der Waals surface area contributed by atoms with Crippen molar-refractivity contribution in [2.75, 3.05) is 20.6 Å². The van der Waals surface area contributed by atoms with Crippen LogP contribution in [0.1, 0.15) is 16.7 Å². The lowest BCUT2D eigenvalue weighted by Gasteiger charge is -2.11. The van der Waals surface area contributed by atoms with Gasteiger partial charge in [0.15, 0.2) is 5.82 Å². The number of nitrogens with one attached hydrogen (secondary N) is 1. The molecule has 3 rings (SSSR count). The van der Waals surface area contributed by atoms with Crippen LogP contribution in [0.15, 0.2) is 53.3 Å². The zero-order valence-electron chi connectivity index (χ0n) is 18.1. The largest absolute Gasteiger partial charge is 0.350 e. The van der Waals surface area contributed by atoms with Crippen molar-refractivity contribution in [2.24, 2.45) is 0 Å². The van der Waals surface area contributed by atoms with Gasteiger partial charge in [-0.1, -0.05) is 54.1 Å². The van der Waals surface area contributed by atoms with Gasteiger partial charge in [-0.2, -0.15) is 0 Å². The second kappa shape index (κ2) is 10.2. The van der Waals surface area contributed by atoms with Crippen molar-refractivity contribution in [3.8, 4) is 11.4 Å². The molecule has 1 aromatic heterocycles. The van der Waals surface area contributed by atoms with Gasteiger partial charge in [0, 0.05) is 25.2 Å². The number of benzene rings is 2. The minimum absolute atomic E-state index is 0.194. The van der Waals surface area contributed by atoms with E-state index < -0.39 is 6.67 Å². The Bertz CT molecular complexity index is 1090. The molecule has 0 radical (unpaired) electrons. The summed E-state index contributed by atoms with van der Waals surface area (Å²) < 4.78 is 15.9. The second-order valence-corrected chi connectivity index (χ2v) is 7.76. The summed E-state index contributed by atoms with van der Waals surface area (Å²) in [6.07, 6.45) is 0. The van der Waals surface area contributed by atoms with Gasteiger partial charge in [0.05, 0.1) is 0 Å². The highest BCUT2D eigenvalue weighted by molar-refractivity contribution is 5.75. The van der Waals surface area contributed by atoms with Gasteiger partial charge in [-0.15, -0.1) is 5.10 Å². The van der Waals surface area contributed by atoms with Crippen molar-refractivity contribution in [2.45, 2.75) is 33.2 Å². The fraction of sp³-hybridized carbons (Fsp3) is 0.348. The molecule has 2 aromatic carbocycles. The van der Waals surface area contributed by atoms with Gasteiger partial charge in [0.1, 0.15) is 13.2 Å². The number of likely N-dealkylation sites (N-methyl/N-ethyl adjacent to an activating group) is 1. The van der Waals surface area contributed by atoms with E-state index in [4.69, 9.17) is 0 Å². The monoisotopic (exact) mass is 425 g/mol. The van der Waals surface area contributed by atoms with Gasteiger partial charge >= 0.3 is 5.69 Å². The number of hydrogen-bond donors (Lipinski definition) is 1. The standard InChI is InChI=1S/C23H28FN5O2/c1-17-8-10-18(11-9-17)22-26-29(23(31)28(22)13-12-27(2)3)16-21(30)25-15-20-7-5-4-6-19(20)14-24/h4-11H,12-16H2,1-3H3,(H,25,30). The van der Waals surface area contributed by atoms with E-state index in [-0.39, 0.29) is 24.7 Å². The van der Waals surface area contributed by atoms with E-state index in [1.165, 1.54) is 4.68 Å². The molecular formula is C23H28FN5O2. The highest BCUT2D eigenvalue weighted by Crippen LogP contribution is 2.16. The molecule has 0 aliphatic carbocycles. The van der Waals surface area contributed by atoms with Crippen LogP contribution < -0.4 is 11.0 Å². The Morgan fingerprint density at radius 3 is 2.42 bits per heavy atom. The quantitative estimate of drug-likeness (QED) is 0.571. The molecule has 0 fully saturated rings. The third-order valence-corrected chi connectivity index (χ3v) is 5.04. The normalized spacial score (nSPS) is 11.1. The van der Waals surface area contributed by atoms with Crippen LogP contribution in [-0.4, -0.2) is 45.8 Å². The Morgan fingerprint density at radius 1 is 1.10 bits per heavy atom. The summed E-state index contributed by atoms with van der Waals surface area (Å²) in [7, 11) is 3.87. The van der Waals surface area contributed by atoms with E-state index in [0.29, 0.717) is 30.0 Å². The molecule has 1 N–H and O–H groups in total. The molecule has 0 bridgehead atoms. The van der Waals surface area contributed by atoms with E-state index in [9.17, 15) is 14.0 Å². The molecule has 164 valence electrons. The molecule has 0 saturated heterocycles. The molecule has 0 saturated carbocycles. The first kappa shape index (κ1) is 22.4. The summed E-state index contributed by atoms with van der Waals surface area (Å²) in [4.78, 5) is 27.4. The lowest BCUT2D eigenvalue weighted by Crippen LogP contribution is -2.34. The SMILES string of the molecule is Cc1ccc(-c2nn(CC(=O)NCc3ccccc3CF)c(=O)n2CCN(C)C)cc1. The molecular weight excluding hydrogens is 397 g/mol. The molecule has 1 amide bonds. The maximum Gasteiger partial charge on any atom is 0.346 e. The van der Waals surface area contributed by atoms with Crippen LogP contribution in [0.3, 0.4) is 0 Å². The van der Waals surface area contributed by atoms with Crippen molar-refractivity contribution >= 4 is 5.91 Å². The van der Waals surface area contributed by atoms with Crippen LogP contribution in [0.4, 0.5) is 4.39 Å². The van der Waals surface area contributed by atoms with Crippen molar-refractivity contribution in [1.82, 2.24) is 24.6 Å². The van der Waals surface area contributed by atoms with Gasteiger partial charge < -0.3 is 10.2 Å². The molecule has 8 heteroatoms. The Morgan fingerprint density at radius 2 is 1.77 bits per heavy atom. The van der Waals surface area contributed by atoms with E-state index in [1.807, 2.05) is 50.2 Å². The molecule has 0 aliphatic rings. The smallest absolute Gasteiger partial charge is 0.346 e. The number of nitrogens with zero attached hydrogens (tertiary/aromatic N) is 4. The molecule has 0 spiro atoms. The maximum absolute atomic E-state index is 13.1. The Labute approximate surface area is 181 Å². The minimum Gasteiger partial charge on any atom is -0.350 e. The van der Waals surface area contributed by atoms with Gasteiger partial charge in [-0.25, -0.2) is 13.9 Å². The number of carbonyl (C=O) groups is 1. The summed E-state index contributed by atoms with van der Waals surface area (Å²) in [6.45, 7) is 2.51. The first-order chi connectivity index (χ1) is 14.9. The average molecular weight is 426 g/mol. The number of amides is 1. The number of carbonyl (C=O) groups excluding carboxylic acids is 1. The zero-order chi connectivity index (χ0) is 22.4. The van der Waals surface area contributed by atoms with Crippen molar-refractivity contribution in [3.63, 3.8) is 0 Å². The minimum atomic E-state index is -0.596. The predicted octanol–water partition coefficient (Wildman–Crippen LogP) is 2.37. The van der Waals surface area contributed by atoms with Gasteiger partial charge in [-0.3, -0.25) is 9.36 Å². The number of aryl methyl sites for hydroxylation is 1. The predicted molar refractivity (Wildman–Crippen MR) is 118 cm³/mol. The van der Waals surface area contributed by atoms with Gasteiger partial charge in [-0.05, 0) is 32.1 Å². The first-order valence-electron chi connectivity index (χ1n) is 10.2. The molecule has 0 atom stereocenters. The Kier molecular flexibility index (Phi) is 7.36. The molecule has 7 nitrogen and oxygen atoms in total. The Hall–Kier alpha value is -3.26. The lowest BCUT2D eigenvalue weighted by atomic mass is 10.1. The molecule has 0 aliphatic heterocycles. The summed E-state index contributed by atoms with van der Waals surface area (Å²) in [5.41, 5.74) is 2.84. The third-order valence-electron chi connectivity index (χ3n) is 5.04. The van der Waals surface area contributed by atoms with E-state index >= 15 is 0 Å². The summed E-state index contributed by atoms with van der Waals surface area (Å²) >= 11 is 0. The molecule has 1 heterocycles. The van der Waals surface area contributed by atoms with Crippen LogP contribution in [0.5, 0.6) is 0 Å². The van der Waals surface area contributed by atoms with Crippen molar-refractivity contribution in [1.29, 1.82) is 0 Å². The van der Waals surface area contributed by atoms with Gasteiger partial charge in [0.25, 0.3) is 0 Å². The van der Waals surface area contributed by atoms with E-state index in [2.05, 4.69) is 10.4 Å². The van der Waals surface area contributed by atoms with Crippen LogP contribution in [-0.2, 0) is 31.1 Å². The molecule has 31 heavy (non-hydrogen) atoms. The number of aromatic nitrogens is 3.